The molecule has 0 bridgehead atoms. The van der Waals surface area contributed by atoms with Crippen LogP contribution in [0.25, 0.3) is 0 Å². The zero-order chi connectivity index (χ0) is 25.9. The fourth-order valence-corrected chi connectivity index (χ4v) is 4.17. The van der Waals surface area contributed by atoms with E-state index >= 15 is 0 Å². The number of carbonyl (C=O) groups is 1. The molecule has 0 aliphatic heterocycles. The predicted molar refractivity (Wildman–Crippen MR) is 142 cm³/mol. The SMILES string of the molecule is CC(C)(C)OC(=O)N[C@H]1C[C@H](Oc2ccc(C(C)(C)c3ccc(Oc4ncc(Br)cn4)cc3)cc2)C1. The molecule has 0 spiro atoms. The Bertz CT molecular complexity index is 1170. The molecule has 0 saturated heterocycles. The second-order valence-corrected chi connectivity index (χ2v) is 11.4. The van der Waals surface area contributed by atoms with Gasteiger partial charge in [0, 0.05) is 36.7 Å². The van der Waals surface area contributed by atoms with Crippen LogP contribution in [0.1, 0.15) is 58.6 Å². The van der Waals surface area contributed by atoms with Gasteiger partial charge in [0.25, 0.3) is 0 Å². The van der Waals surface area contributed by atoms with Crippen molar-refractivity contribution < 1.29 is 19.0 Å². The lowest BCUT2D eigenvalue weighted by molar-refractivity contribution is 0.0363. The number of benzene rings is 2. The van der Waals surface area contributed by atoms with Crippen LogP contribution in [0.2, 0.25) is 0 Å². The number of hydrogen-bond donors (Lipinski definition) is 1. The van der Waals surface area contributed by atoms with E-state index in [0.29, 0.717) is 11.8 Å². The van der Waals surface area contributed by atoms with Crippen molar-refractivity contribution in [3.05, 3.63) is 76.5 Å². The van der Waals surface area contributed by atoms with E-state index in [4.69, 9.17) is 14.2 Å². The summed E-state index contributed by atoms with van der Waals surface area (Å²) in [5.41, 5.74) is 1.64. The van der Waals surface area contributed by atoms with Gasteiger partial charge in [-0.1, -0.05) is 38.1 Å². The molecule has 190 valence electrons. The first-order chi connectivity index (χ1) is 17.0. The molecule has 1 fully saturated rings. The van der Waals surface area contributed by atoms with Crippen molar-refractivity contribution in [3.8, 4) is 17.5 Å². The highest BCUT2D eigenvalue weighted by Gasteiger charge is 2.33. The highest BCUT2D eigenvalue weighted by molar-refractivity contribution is 9.10. The molecule has 8 heteroatoms. The van der Waals surface area contributed by atoms with Crippen LogP contribution in [0.5, 0.6) is 17.5 Å². The number of alkyl carbamates (subject to hydrolysis) is 1. The first-order valence-corrected chi connectivity index (χ1v) is 12.8. The Morgan fingerprint density at radius 1 is 0.889 bits per heavy atom. The number of halogens is 1. The topological polar surface area (TPSA) is 82.6 Å². The van der Waals surface area contributed by atoms with Crippen molar-refractivity contribution in [1.29, 1.82) is 0 Å². The zero-order valence-corrected chi connectivity index (χ0v) is 22.8. The molecule has 1 aromatic heterocycles. The van der Waals surface area contributed by atoms with Crippen molar-refractivity contribution in [2.24, 2.45) is 0 Å². The largest absolute Gasteiger partial charge is 0.490 e. The number of carbonyl (C=O) groups excluding carboxylic acids is 1. The van der Waals surface area contributed by atoms with Crippen LogP contribution in [0, 0.1) is 0 Å². The van der Waals surface area contributed by atoms with Gasteiger partial charge in [0.15, 0.2) is 0 Å². The van der Waals surface area contributed by atoms with Gasteiger partial charge in [-0.15, -0.1) is 0 Å². The number of nitrogens with zero attached hydrogens (tertiary/aromatic N) is 2. The molecular formula is C28H32BrN3O4. The fraction of sp³-hybridized carbons (Fsp3) is 0.393. The van der Waals surface area contributed by atoms with Gasteiger partial charge in [-0.3, -0.25) is 0 Å². The highest BCUT2D eigenvalue weighted by atomic mass is 79.9. The first kappa shape index (κ1) is 25.9. The number of nitrogens with one attached hydrogen (secondary N) is 1. The lowest BCUT2D eigenvalue weighted by atomic mass is 9.78. The molecule has 0 unspecified atom stereocenters. The molecule has 7 nitrogen and oxygen atoms in total. The molecule has 1 N–H and O–H groups in total. The summed E-state index contributed by atoms with van der Waals surface area (Å²) in [4.78, 5) is 20.2. The monoisotopic (exact) mass is 553 g/mol. The van der Waals surface area contributed by atoms with Crippen LogP contribution in [-0.2, 0) is 10.2 Å². The van der Waals surface area contributed by atoms with E-state index in [2.05, 4.69) is 69.3 Å². The molecule has 3 aromatic rings. The van der Waals surface area contributed by atoms with Crippen molar-refractivity contribution in [2.75, 3.05) is 0 Å². The molecule has 1 amide bonds. The summed E-state index contributed by atoms with van der Waals surface area (Å²) in [7, 11) is 0. The smallest absolute Gasteiger partial charge is 0.407 e. The van der Waals surface area contributed by atoms with Crippen molar-refractivity contribution >= 4 is 22.0 Å². The quantitative estimate of drug-likeness (QED) is 0.346. The third-order valence-corrected chi connectivity index (χ3v) is 6.49. The average Bonchev–Trinajstić information content (AvgIpc) is 2.79. The third-order valence-electron chi connectivity index (χ3n) is 6.08. The Labute approximate surface area is 220 Å². The second kappa shape index (κ2) is 10.5. The third kappa shape index (κ3) is 6.75. The van der Waals surface area contributed by atoms with E-state index in [1.165, 1.54) is 5.56 Å². The number of hydrogen-bond acceptors (Lipinski definition) is 6. The van der Waals surface area contributed by atoms with Gasteiger partial charge in [-0.25, -0.2) is 14.8 Å². The normalized spacial score (nSPS) is 17.6. The maximum atomic E-state index is 11.9. The van der Waals surface area contributed by atoms with Gasteiger partial charge >= 0.3 is 12.1 Å². The van der Waals surface area contributed by atoms with Crippen LogP contribution in [0.4, 0.5) is 4.79 Å². The number of amides is 1. The van der Waals surface area contributed by atoms with Gasteiger partial charge in [-0.2, -0.15) is 0 Å². The maximum Gasteiger partial charge on any atom is 0.407 e. The van der Waals surface area contributed by atoms with Crippen LogP contribution >= 0.6 is 15.9 Å². The van der Waals surface area contributed by atoms with Crippen LogP contribution < -0.4 is 14.8 Å². The van der Waals surface area contributed by atoms with Crippen LogP contribution in [-0.4, -0.2) is 33.8 Å². The Balaban J connectivity index is 1.30. The zero-order valence-electron chi connectivity index (χ0n) is 21.2. The van der Waals surface area contributed by atoms with Gasteiger partial charge in [0.05, 0.1) is 4.47 Å². The predicted octanol–water partition coefficient (Wildman–Crippen LogP) is 6.79. The Hall–Kier alpha value is -3.13. The lowest BCUT2D eigenvalue weighted by Crippen LogP contribution is -2.50. The fourth-order valence-electron chi connectivity index (χ4n) is 3.96. The molecule has 0 atom stereocenters. The van der Waals surface area contributed by atoms with E-state index in [0.717, 1.165) is 28.6 Å². The molecule has 4 rings (SSSR count). The lowest BCUT2D eigenvalue weighted by Gasteiger charge is -2.36. The minimum Gasteiger partial charge on any atom is -0.490 e. The summed E-state index contributed by atoms with van der Waals surface area (Å²) in [6.45, 7) is 9.95. The van der Waals surface area contributed by atoms with Gasteiger partial charge < -0.3 is 19.5 Å². The van der Waals surface area contributed by atoms with E-state index in [9.17, 15) is 4.79 Å². The summed E-state index contributed by atoms with van der Waals surface area (Å²) in [6.07, 6.45) is 4.55. The van der Waals surface area contributed by atoms with E-state index in [1.807, 2.05) is 45.0 Å². The Morgan fingerprint density at radius 3 is 1.94 bits per heavy atom. The van der Waals surface area contributed by atoms with Crippen molar-refractivity contribution in [3.63, 3.8) is 0 Å². The maximum absolute atomic E-state index is 11.9. The minimum absolute atomic E-state index is 0.0883. The van der Waals surface area contributed by atoms with Crippen molar-refractivity contribution in [1.82, 2.24) is 15.3 Å². The molecular weight excluding hydrogens is 522 g/mol. The summed E-state index contributed by atoms with van der Waals surface area (Å²) < 4.78 is 17.9. The number of rotatable bonds is 7. The number of ether oxygens (including phenoxy) is 3. The highest BCUT2D eigenvalue weighted by Crippen LogP contribution is 2.34. The molecule has 0 radical (unpaired) electrons. The summed E-state index contributed by atoms with van der Waals surface area (Å²) in [5, 5.41) is 2.90. The van der Waals surface area contributed by atoms with Gasteiger partial charge in [0.2, 0.25) is 0 Å². The molecule has 1 heterocycles. The first-order valence-electron chi connectivity index (χ1n) is 12.0. The second-order valence-electron chi connectivity index (χ2n) is 10.5. The van der Waals surface area contributed by atoms with E-state index in [1.54, 1.807) is 12.4 Å². The van der Waals surface area contributed by atoms with Crippen LogP contribution in [0.15, 0.2) is 65.4 Å². The standard InChI is InChI=1S/C28H32BrN3O4/c1-27(2,3)36-26(33)32-21-14-24(15-21)34-22-10-6-18(7-11-22)28(4,5)19-8-12-23(13-9-19)35-25-30-16-20(29)17-31-25/h6-13,16-17,21,24H,14-15H2,1-5H3,(H,32,33)/t21-,24-. The summed E-state index contributed by atoms with van der Waals surface area (Å²) >= 11 is 3.32. The van der Waals surface area contributed by atoms with E-state index < -0.39 is 5.60 Å². The Morgan fingerprint density at radius 2 is 1.42 bits per heavy atom. The molecule has 1 aliphatic rings. The van der Waals surface area contributed by atoms with Gasteiger partial charge in [-0.05, 0) is 72.1 Å². The van der Waals surface area contributed by atoms with E-state index in [-0.39, 0.29) is 23.7 Å². The number of aromatic nitrogens is 2. The Kier molecular flexibility index (Phi) is 7.54. The summed E-state index contributed by atoms with van der Waals surface area (Å²) in [6, 6.07) is 16.6. The van der Waals surface area contributed by atoms with Crippen molar-refractivity contribution in [2.45, 2.75) is 70.6 Å². The minimum atomic E-state index is -0.496. The molecule has 2 aromatic carbocycles. The molecule has 36 heavy (non-hydrogen) atoms. The summed E-state index contributed by atoms with van der Waals surface area (Å²) in [5.74, 6) is 1.51. The molecule has 1 aliphatic carbocycles. The van der Waals surface area contributed by atoms with Gasteiger partial charge in [0.1, 0.15) is 23.2 Å². The average molecular weight is 554 g/mol. The van der Waals surface area contributed by atoms with Crippen LogP contribution in [0.3, 0.4) is 0 Å². The molecule has 1 saturated carbocycles.